The second kappa shape index (κ2) is 14.6. The maximum Gasteiger partial charge on any atom is 0.310 e. The SMILES string of the molecule is CC.CCC(C)(C)C.CS.Cc1c2c(nc(C3CCOCC3)c1[C@@H](O)c1ccc(S(F)(F)(F)(F)F)cc1)CC(C)(C)CC2O. The molecule has 1 unspecified atom stereocenters. The van der Waals surface area contributed by atoms with Crippen molar-refractivity contribution in [2.24, 2.45) is 10.8 Å². The normalized spacial score (nSPS) is 20.5. The lowest BCUT2D eigenvalue weighted by molar-refractivity contribution is 0.0823. The van der Waals surface area contributed by atoms with Gasteiger partial charge in [0.15, 0.2) is 0 Å². The van der Waals surface area contributed by atoms with Gasteiger partial charge in [-0.15, -0.1) is 0 Å². The summed E-state index contributed by atoms with van der Waals surface area (Å²) in [6.45, 7) is 19.8. The minimum absolute atomic E-state index is 0.0338. The number of hydrogen-bond acceptors (Lipinski definition) is 5. The van der Waals surface area contributed by atoms with E-state index in [1.54, 1.807) is 13.2 Å². The number of ether oxygens (including phenoxy) is 1. The molecule has 0 spiro atoms. The molecular weight excluding hydrogens is 617 g/mol. The monoisotopic (exact) mass is 671 g/mol. The number of thiol groups is 1. The van der Waals surface area contributed by atoms with Crippen LogP contribution < -0.4 is 0 Å². The summed E-state index contributed by atoms with van der Waals surface area (Å²) in [5.74, 6) is -0.0338. The van der Waals surface area contributed by atoms with Crippen LogP contribution in [0, 0.1) is 17.8 Å². The number of rotatable bonds is 4. The fraction of sp³-hybridized carbons (Fsp3) is 0.667. The van der Waals surface area contributed by atoms with Gasteiger partial charge in [0, 0.05) is 36.0 Å². The zero-order chi connectivity index (χ0) is 34.4. The number of aliphatic hydroxyl groups is 2. The first-order valence-electron chi connectivity index (χ1n) is 15.3. The van der Waals surface area contributed by atoms with Gasteiger partial charge in [0.2, 0.25) is 0 Å². The standard InChI is InChI=1S/C24H30F5NO3S.C6H14.C2H6.CH4S/c1-14-20-18(12-24(2,3)13-19(20)31)30-22(15-8-10-33-11-9-15)21(14)23(32)16-4-6-17(7-5-16)34(25,26,27,28)29;1-5-6(2,3)4;2*1-2/h4-7,15,19,23,31-32H,8-13H2,1-3H3;5H2,1-4H3;1-2H3;2H,1H3/t19?,23-;;;/m0.../s1. The van der Waals surface area contributed by atoms with E-state index in [0.29, 0.717) is 78.8 Å². The third-order valence-electron chi connectivity index (χ3n) is 7.96. The molecule has 4 rings (SSSR count). The molecule has 2 atom stereocenters. The molecule has 0 saturated carbocycles. The van der Waals surface area contributed by atoms with Crippen molar-refractivity contribution >= 4 is 22.9 Å². The number of aromatic nitrogens is 1. The summed E-state index contributed by atoms with van der Waals surface area (Å²) in [6.07, 6.45) is 3.27. The van der Waals surface area contributed by atoms with Crippen LogP contribution in [0.15, 0.2) is 29.2 Å². The van der Waals surface area contributed by atoms with Gasteiger partial charge < -0.3 is 14.9 Å². The van der Waals surface area contributed by atoms with Crippen molar-refractivity contribution in [3.63, 3.8) is 0 Å². The van der Waals surface area contributed by atoms with E-state index in [4.69, 9.17) is 9.72 Å². The Morgan fingerprint density at radius 2 is 1.50 bits per heavy atom. The maximum atomic E-state index is 13.2. The Morgan fingerprint density at radius 3 is 1.93 bits per heavy atom. The van der Waals surface area contributed by atoms with Gasteiger partial charge in [0.05, 0.1) is 11.8 Å². The van der Waals surface area contributed by atoms with E-state index in [0.717, 1.165) is 17.8 Å². The van der Waals surface area contributed by atoms with Crippen molar-refractivity contribution in [2.75, 3.05) is 19.5 Å². The summed E-state index contributed by atoms with van der Waals surface area (Å²) < 4.78 is 71.2. The molecule has 1 aliphatic carbocycles. The Balaban J connectivity index is 0.000000853. The Morgan fingerprint density at radius 1 is 1.02 bits per heavy atom. The topological polar surface area (TPSA) is 62.6 Å². The van der Waals surface area contributed by atoms with Crippen LogP contribution in [0.3, 0.4) is 0 Å². The first kappa shape index (κ1) is 40.6. The fourth-order valence-electron chi connectivity index (χ4n) is 5.25. The highest BCUT2D eigenvalue weighted by molar-refractivity contribution is 8.45. The van der Waals surface area contributed by atoms with Crippen LogP contribution in [0.25, 0.3) is 0 Å². The average molecular weight is 672 g/mol. The number of aliphatic hydroxyl groups excluding tert-OH is 2. The summed E-state index contributed by atoms with van der Waals surface area (Å²) in [6, 6.07) is 2.38. The number of nitrogens with zero attached hydrogens (tertiary/aromatic N) is 1. The molecule has 0 radical (unpaired) electrons. The lowest BCUT2D eigenvalue weighted by Crippen LogP contribution is -2.30. The molecule has 2 aliphatic rings. The van der Waals surface area contributed by atoms with Gasteiger partial charge in [0.25, 0.3) is 0 Å². The zero-order valence-corrected chi connectivity index (χ0v) is 29.7. The van der Waals surface area contributed by atoms with Crippen molar-refractivity contribution in [3.8, 4) is 0 Å². The Bertz CT molecular complexity index is 1210. The molecular formula is C33H54F5NO3S2. The first-order valence-corrected chi connectivity index (χ1v) is 18.1. The van der Waals surface area contributed by atoms with Gasteiger partial charge in [-0.3, -0.25) is 4.98 Å². The van der Waals surface area contributed by atoms with Crippen molar-refractivity contribution in [3.05, 3.63) is 57.9 Å². The van der Waals surface area contributed by atoms with Crippen molar-refractivity contribution in [1.29, 1.82) is 0 Å². The quantitative estimate of drug-likeness (QED) is 0.224. The zero-order valence-electron chi connectivity index (χ0n) is 28.0. The molecule has 44 heavy (non-hydrogen) atoms. The van der Waals surface area contributed by atoms with E-state index in [1.807, 2.05) is 27.7 Å². The van der Waals surface area contributed by atoms with Crippen LogP contribution in [0.1, 0.15) is 133 Å². The van der Waals surface area contributed by atoms with Gasteiger partial charge in [-0.1, -0.05) is 93.4 Å². The predicted octanol–water partition coefficient (Wildman–Crippen LogP) is 11.0. The summed E-state index contributed by atoms with van der Waals surface area (Å²) in [5, 5.41) is 22.2. The van der Waals surface area contributed by atoms with E-state index in [2.05, 4.69) is 40.3 Å². The third kappa shape index (κ3) is 11.1. The lowest BCUT2D eigenvalue weighted by Gasteiger charge is -2.40. The number of halogens is 5. The predicted molar refractivity (Wildman–Crippen MR) is 177 cm³/mol. The molecule has 1 aliphatic heterocycles. The Labute approximate surface area is 267 Å². The van der Waals surface area contributed by atoms with Crippen LogP contribution >= 0.6 is 22.9 Å². The molecule has 2 aromatic rings. The largest absolute Gasteiger partial charge is 0.388 e. The van der Waals surface area contributed by atoms with Crippen LogP contribution in [0.4, 0.5) is 19.4 Å². The second-order valence-electron chi connectivity index (χ2n) is 13.2. The minimum Gasteiger partial charge on any atom is -0.388 e. The molecule has 4 nitrogen and oxygen atoms in total. The molecule has 1 saturated heterocycles. The van der Waals surface area contributed by atoms with Crippen LogP contribution in [0.5, 0.6) is 0 Å². The molecule has 2 N–H and O–H groups in total. The average Bonchev–Trinajstić information content (AvgIpc) is 2.93. The van der Waals surface area contributed by atoms with Crippen molar-refractivity contribution in [1.82, 2.24) is 4.98 Å². The van der Waals surface area contributed by atoms with E-state index < -0.39 is 27.3 Å². The van der Waals surface area contributed by atoms with Crippen LogP contribution in [0.2, 0.25) is 0 Å². The molecule has 1 fully saturated rings. The molecule has 0 amide bonds. The smallest absolute Gasteiger partial charge is 0.310 e. The molecule has 2 heterocycles. The highest BCUT2D eigenvalue weighted by Gasteiger charge is 2.65. The van der Waals surface area contributed by atoms with E-state index in [-0.39, 0.29) is 16.9 Å². The summed E-state index contributed by atoms with van der Waals surface area (Å²) in [5.41, 5.74) is 3.51. The first-order chi connectivity index (χ1) is 20.0. The van der Waals surface area contributed by atoms with Gasteiger partial charge in [-0.2, -0.15) is 12.6 Å². The van der Waals surface area contributed by atoms with E-state index in [9.17, 15) is 29.6 Å². The molecule has 1 aromatic carbocycles. The summed E-state index contributed by atoms with van der Waals surface area (Å²) in [7, 11) is -9.82. The molecule has 11 heteroatoms. The molecule has 1 aromatic heterocycles. The fourth-order valence-corrected chi connectivity index (χ4v) is 5.90. The number of benzene rings is 1. The molecule has 256 valence electrons. The maximum absolute atomic E-state index is 13.2. The number of hydrogen-bond donors (Lipinski definition) is 3. The minimum atomic E-state index is -9.82. The number of fused-ring (bicyclic) bond motifs is 1. The van der Waals surface area contributed by atoms with Crippen LogP contribution in [-0.4, -0.2) is 34.7 Å². The molecule has 0 bridgehead atoms. The van der Waals surface area contributed by atoms with Gasteiger partial charge in [0.1, 0.15) is 11.0 Å². The van der Waals surface area contributed by atoms with Gasteiger partial charge in [-0.05, 0) is 73.0 Å². The van der Waals surface area contributed by atoms with Gasteiger partial charge in [-0.25, -0.2) is 0 Å². The third-order valence-corrected chi connectivity index (χ3v) is 9.12. The van der Waals surface area contributed by atoms with Crippen LogP contribution in [-0.2, 0) is 11.2 Å². The Kier molecular flexibility index (Phi) is 13.5. The number of pyridine rings is 1. The van der Waals surface area contributed by atoms with Gasteiger partial charge >= 0.3 is 10.2 Å². The van der Waals surface area contributed by atoms with Crippen molar-refractivity contribution < 1.29 is 34.4 Å². The Hall–Kier alpha value is -1.40. The highest BCUT2D eigenvalue weighted by Crippen LogP contribution is 3.02. The van der Waals surface area contributed by atoms with E-state index >= 15 is 0 Å². The second-order valence-corrected chi connectivity index (χ2v) is 15.6. The summed E-state index contributed by atoms with van der Waals surface area (Å²) in [4.78, 5) is 2.90. The van der Waals surface area contributed by atoms with E-state index in [1.165, 1.54) is 6.42 Å². The van der Waals surface area contributed by atoms with Crippen molar-refractivity contribution in [2.45, 2.75) is 117 Å². The highest BCUT2D eigenvalue weighted by atomic mass is 32.5. The summed E-state index contributed by atoms with van der Waals surface area (Å²) >= 11 is 3.53. The lowest BCUT2D eigenvalue weighted by atomic mass is 9.72.